The van der Waals surface area contributed by atoms with Crippen molar-refractivity contribution in [3.63, 3.8) is 0 Å². The molecule has 4 rings (SSSR count). The molecule has 2 aromatic carbocycles. The van der Waals surface area contributed by atoms with Gasteiger partial charge in [-0.15, -0.1) is 0 Å². The minimum absolute atomic E-state index is 0.0782. The molecule has 15 nitrogen and oxygen atoms in total. The number of halogens is 4. The molecule has 2 aromatic rings. The number of hydrogen-bond donors (Lipinski definition) is 6. The summed E-state index contributed by atoms with van der Waals surface area (Å²) in [7, 11) is -7.99. The lowest BCUT2D eigenvalue weighted by Crippen LogP contribution is -2.60. The number of urea groups is 1. The number of carboxylic acids is 1. The van der Waals surface area contributed by atoms with Crippen molar-refractivity contribution in [3.8, 4) is 5.75 Å². The van der Waals surface area contributed by atoms with E-state index in [-0.39, 0.29) is 41.3 Å². The molecule has 0 saturated carbocycles. The normalized spacial score (nSPS) is 17.4. The fourth-order valence-electron chi connectivity index (χ4n) is 4.77. The van der Waals surface area contributed by atoms with Crippen molar-refractivity contribution in [2.45, 2.75) is 25.3 Å². The number of likely N-dealkylation sites (N-methyl/N-ethyl adjacent to an activating group) is 1. The van der Waals surface area contributed by atoms with Crippen LogP contribution >= 0.6 is 7.60 Å². The number of imide groups is 1. The molecule has 240 valence electrons. The largest absolute Gasteiger partial charge is 0.547 e. The molecule has 45 heavy (non-hydrogen) atoms. The zero-order valence-corrected chi connectivity index (χ0v) is 23.7. The fourth-order valence-corrected chi connectivity index (χ4v) is 5.48. The highest BCUT2D eigenvalue weighted by molar-refractivity contribution is 7.60. The van der Waals surface area contributed by atoms with Crippen LogP contribution < -0.4 is 20.6 Å². The minimum atomic E-state index is -5.98. The molecule has 5 amide bonds. The third-order valence-corrected chi connectivity index (χ3v) is 7.97. The van der Waals surface area contributed by atoms with Gasteiger partial charge in [-0.3, -0.25) is 23.8 Å². The van der Waals surface area contributed by atoms with E-state index in [1.54, 1.807) is 5.32 Å². The van der Waals surface area contributed by atoms with Crippen molar-refractivity contribution in [1.29, 1.82) is 0 Å². The van der Waals surface area contributed by atoms with Crippen LogP contribution in [0.3, 0.4) is 0 Å². The molecule has 2 heterocycles. The van der Waals surface area contributed by atoms with Gasteiger partial charge in [0.1, 0.15) is 17.1 Å². The van der Waals surface area contributed by atoms with Gasteiger partial charge in [0.05, 0.1) is 17.1 Å². The van der Waals surface area contributed by atoms with E-state index < -0.39 is 97.1 Å². The first kappa shape index (κ1) is 33.4. The van der Waals surface area contributed by atoms with Crippen LogP contribution in [-0.2, 0) is 25.4 Å². The maximum atomic E-state index is 15.2. The molecule has 1 fully saturated rings. The SMILES string of the molecule is CCN1CCN(C(=O)N[C@@H](C(=O)N[C@H]2Cc3cccc(C(=O)O)c3OB2O)c2c(F)c(F)c(P(=O)(O)O)c(F)c2F)C(=O)C1=O. The highest BCUT2D eigenvalue weighted by atomic mass is 31.2. The van der Waals surface area contributed by atoms with Gasteiger partial charge < -0.3 is 40.1 Å². The molecule has 1 saturated heterocycles. The number of nitrogens with zero attached hydrogens (tertiary/aromatic N) is 2. The van der Waals surface area contributed by atoms with Gasteiger partial charge in [0, 0.05) is 19.6 Å². The number of carboxylic acid groups (broad SMARTS) is 1. The van der Waals surface area contributed by atoms with Crippen LogP contribution in [0.5, 0.6) is 5.75 Å². The molecule has 0 aliphatic carbocycles. The molecule has 2 atom stereocenters. The first-order valence-corrected chi connectivity index (χ1v) is 14.4. The van der Waals surface area contributed by atoms with Gasteiger partial charge in [-0.2, -0.15) is 0 Å². The quantitative estimate of drug-likeness (QED) is 0.0718. The zero-order valence-electron chi connectivity index (χ0n) is 22.8. The standard InChI is InChI=1S/C24H22BF4N4O11P/c1-2-32-6-7-33(22(36)21(32)35)24(39)31-17(12-13(26)15(28)19(45(41,42)43)16(29)14(12)27)20(34)30-11-8-9-4-3-5-10(23(37)38)18(9)44-25(11)40/h3-5,11,17,40H,2,6-8H2,1H3,(H,30,34)(H,31,39)(H,37,38)(H2,41,42,43)/t11-,17+/m0/s1. The highest BCUT2D eigenvalue weighted by Gasteiger charge is 2.44. The number of rotatable bonds is 7. The van der Waals surface area contributed by atoms with Gasteiger partial charge in [0.15, 0.2) is 23.3 Å². The maximum absolute atomic E-state index is 15.2. The van der Waals surface area contributed by atoms with E-state index in [1.165, 1.54) is 19.1 Å². The van der Waals surface area contributed by atoms with Crippen molar-refractivity contribution in [1.82, 2.24) is 20.4 Å². The summed E-state index contributed by atoms with van der Waals surface area (Å²) in [6, 6.07) is -0.602. The molecule has 21 heteroatoms. The van der Waals surface area contributed by atoms with Crippen LogP contribution in [0.1, 0.15) is 34.5 Å². The Balaban J connectivity index is 1.74. The summed E-state index contributed by atoms with van der Waals surface area (Å²) in [4.78, 5) is 82.5. The van der Waals surface area contributed by atoms with Crippen molar-refractivity contribution in [3.05, 3.63) is 58.2 Å². The Hall–Kier alpha value is -4.52. The monoisotopic (exact) mass is 660 g/mol. The van der Waals surface area contributed by atoms with Crippen LogP contribution in [0, 0.1) is 23.3 Å². The Labute approximate surface area is 250 Å². The van der Waals surface area contributed by atoms with E-state index in [2.05, 4.69) is 5.32 Å². The topological polar surface area (TPSA) is 223 Å². The number of carbonyl (C=O) groups is 5. The molecular weight excluding hydrogens is 638 g/mol. The number of aromatic carboxylic acids is 1. The fraction of sp³-hybridized carbons (Fsp3) is 0.292. The summed E-state index contributed by atoms with van der Waals surface area (Å²) in [5.41, 5.74) is -2.12. The van der Waals surface area contributed by atoms with Crippen molar-refractivity contribution < 1.29 is 70.7 Å². The van der Waals surface area contributed by atoms with Gasteiger partial charge in [-0.25, -0.2) is 27.2 Å². The number of amides is 5. The van der Waals surface area contributed by atoms with E-state index >= 15 is 8.78 Å². The minimum Gasteiger partial charge on any atom is -0.534 e. The Morgan fingerprint density at radius 2 is 1.69 bits per heavy atom. The summed E-state index contributed by atoms with van der Waals surface area (Å²) in [6.07, 6.45) is -0.374. The number of piperazine rings is 1. The predicted octanol–water partition coefficient (Wildman–Crippen LogP) is -0.675. The average molecular weight is 660 g/mol. The van der Waals surface area contributed by atoms with Crippen LogP contribution in [0.15, 0.2) is 18.2 Å². The number of fused-ring (bicyclic) bond motifs is 1. The Morgan fingerprint density at radius 1 is 1.07 bits per heavy atom. The summed E-state index contributed by atoms with van der Waals surface area (Å²) >= 11 is 0. The van der Waals surface area contributed by atoms with Crippen molar-refractivity contribution >= 4 is 49.7 Å². The molecule has 0 bridgehead atoms. The lowest BCUT2D eigenvalue weighted by molar-refractivity contribution is -0.153. The number of benzene rings is 2. The van der Waals surface area contributed by atoms with Crippen molar-refractivity contribution in [2.24, 2.45) is 0 Å². The van der Waals surface area contributed by atoms with E-state index in [4.69, 9.17) is 4.65 Å². The second-order valence-electron chi connectivity index (χ2n) is 9.71. The van der Waals surface area contributed by atoms with Crippen LogP contribution in [0.2, 0.25) is 0 Å². The van der Waals surface area contributed by atoms with Gasteiger partial charge >= 0.3 is 38.5 Å². The average Bonchev–Trinajstić information content (AvgIpc) is 2.96. The third kappa shape index (κ3) is 6.21. The summed E-state index contributed by atoms with van der Waals surface area (Å²) in [6.45, 7) is 0.954. The number of para-hydroxylation sites is 1. The molecule has 0 spiro atoms. The first-order chi connectivity index (χ1) is 21.0. The second-order valence-corrected chi connectivity index (χ2v) is 11.2. The maximum Gasteiger partial charge on any atom is 0.547 e. The Bertz CT molecular complexity index is 1650. The van der Waals surface area contributed by atoms with Crippen LogP contribution in [0.25, 0.3) is 0 Å². The third-order valence-electron chi connectivity index (χ3n) is 7.00. The molecular formula is C24H22BF4N4O11P. The van der Waals surface area contributed by atoms with E-state index in [9.17, 15) is 57.2 Å². The number of hydrogen-bond acceptors (Lipinski definition) is 8. The van der Waals surface area contributed by atoms with E-state index in [1.807, 2.05) is 0 Å². The number of nitrogens with one attached hydrogen (secondary N) is 2. The smallest absolute Gasteiger partial charge is 0.534 e. The molecule has 6 N–H and O–H groups in total. The summed E-state index contributed by atoms with van der Waals surface area (Å²) < 4.78 is 76.7. The summed E-state index contributed by atoms with van der Waals surface area (Å²) in [5.74, 6) is -17.7. The Morgan fingerprint density at radius 3 is 2.24 bits per heavy atom. The lowest BCUT2D eigenvalue weighted by atomic mass is 9.72. The molecule has 0 aromatic heterocycles. The molecule has 2 aliphatic rings. The predicted molar refractivity (Wildman–Crippen MR) is 141 cm³/mol. The number of carbonyl (C=O) groups excluding carboxylic acids is 4. The van der Waals surface area contributed by atoms with Crippen molar-refractivity contribution in [2.75, 3.05) is 19.6 Å². The van der Waals surface area contributed by atoms with Crippen LogP contribution in [0.4, 0.5) is 22.4 Å². The van der Waals surface area contributed by atoms with Gasteiger partial charge in [-0.1, -0.05) is 12.1 Å². The lowest BCUT2D eigenvalue weighted by Gasteiger charge is -2.33. The second kappa shape index (κ2) is 12.5. The zero-order chi connectivity index (χ0) is 33.5. The van der Waals surface area contributed by atoms with E-state index in [0.717, 1.165) is 11.0 Å². The van der Waals surface area contributed by atoms with Crippen LogP contribution in [-0.4, -0.2) is 92.1 Å². The summed E-state index contributed by atoms with van der Waals surface area (Å²) in [5, 5.41) is 21.3. The molecule has 0 unspecified atom stereocenters. The highest BCUT2D eigenvalue weighted by Crippen LogP contribution is 2.39. The van der Waals surface area contributed by atoms with Gasteiger partial charge in [-0.05, 0) is 25.0 Å². The Kier molecular flexibility index (Phi) is 9.25. The first-order valence-electron chi connectivity index (χ1n) is 12.8. The molecule has 0 radical (unpaired) electrons. The van der Waals surface area contributed by atoms with E-state index in [0.29, 0.717) is 0 Å². The van der Waals surface area contributed by atoms with Gasteiger partial charge in [0.2, 0.25) is 5.91 Å². The molecule has 2 aliphatic heterocycles. The van der Waals surface area contributed by atoms with Gasteiger partial charge in [0.25, 0.3) is 0 Å².